The standard InChI is InChI=1S/C20H31N3O2/c21-13-5-2-6-14-22-20(25)18-10-7-15-23(16-18)19(24)12-11-17-8-3-1-4-9-17/h1,3-4,8-9,18H,2,5-7,10-16,21H2,(H,22,25)/t18-/m0/s1. The first-order chi connectivity index (χ1) is 12.2. The highest BCUT2D eigenvalue weighted by atomic mass is 16.2. The Hall–Kier alpha value is -1.88. The summed E-state index contributed by atoms with van der Waals surface area (Å²) in [6.07, 6.45) is 6.06. The van der Waals surface area contributed by atoms with Crippen molar-refractivity contribution in [2.45, 2.75) is 44.9 Å². The molecule has 25 heavy (non-hydrogen) atoms. The minimum Gasteiger partial charge on any atom is -0.356 e. The molecule has 0 unspecified atom stereocenters. The summed E-state index contributed by atoms with van der Waals surface area (Å²) in [5.74, 6) is 0.182. The molecular formula is C20H31N3O2. The van der Waals surface area contributed by atoms with Gasteiger partial charge in [-0.25, -0.2) is 0 Å². The first kappa shape index (κ1) is 19.4. The molecule has 2 amide bonds. The summed E-state index contributed by atoms with van der Waals surface area (Å²) in [7, 11) is 0. The van der Waals surface area contributed by atoms with Crippen molar-refractivity contribution >= 4 is 11.8 Å². The van der Waals surface area contributed by atoms with E-state index in [1.54, 1.807) is 0 Å². The average molecular weight is 345 g/mol. The number of nitrogens with zero attached hydrogens (tertiary/aromatic N) is 1. The van der Waals surface area contributed by atoms with Crippen molar-refractivity contribution in [1.29, 1.82) is 0 Å². The monoisotopic (exact) mass is 345 g/mol. The fourth-order valence-electron chi connectivity index (χ4n) is 3.27. The zero-order valence-corrected chi connectivity index (χ0v) is 15.1. The Bertz CT molecular complexity index is 533. The summed E-state index contributed by atoms with van der Waals surface area (Å²) in [5, 5.41) is 3.01. The molecule has 0 bridgehead atoms. The minimum atomic E-state index is -0.0658. The number of unbranched alkanes of at least 4 members (excludes halogenated alkanes) is 2. The molecule has 2 rings (SSSR count). The van der Waals surface area contributed by atoms with Crippen LogP contribution in [0.1, 0.15) is 44.1 Å². The van der Waals surface area contributed by atoms with Gasteiger partial charge in [-0.05, 0) is 44.2 Å². The van der Waals surface area contributed by atoms with Crippen LogP contribution in [0.4, 0.5) is 0 Å². The molecule has 0 saturated carbocycles. The van der Waals surface area contributed by atoms with Crippen LogP contribution in [0.3, 0.4) is 0 Å². The van der Waals surface area contributed by atoms with Crippen molar-refractivity contribution in [2.75, 3.05) is 26.2 Å². The van der Waals surface area contributed by atoms with E-state index in [4.69, 9.17) is 5.73 Å². The molecular weight excluding hydrogens is 314 g/mol. The summed E-state index contributed by atoms with van der Waals surface area (Å²) in [4.78, 5) is 26.6. The Balaban J connectivity index is 1.71. The Morgan fingerprint density at radius 2 is 1.96 bits per heavy atom. The summed E-state index contributed by atoms with van der Waals surface area (Å²) >= 11 is 0. The molecule has 0 spiro atoms. The van der Waals surface area contributed by atoms with Gasteiger partial charge in [-0.15, -0.1) is 0 Å². The van der Waals surface area contributed by atoms with E-state index in [1.807, 2.05) is 35.2 Å². The highest BCUT2D eigenvalue weighted by molar-refractivity contribution is 5.81. The molecule has 0 aromatic heterocycles. The van der Waals surface area contributed by atoms with Crippen molar-refractivity contribution in [3.8, 4) is 0 Å². The third-order valence-electron chi connectivity index (χ3n) is 4.80. The second-order valence-corrected chi connectivity index (χ2v) is 6.80. The van der Waals surface area contributed by atoms with Gasteiger partial charge in [0, 0.05) is 26.1 Å². The lowest BCUT2D eigenvalue weighted by molar-refractivity contribution is -0.135. The summed E-state index contributed by atoms with van der Waals surface area (Å²) < 4.78 is 0. The van der Waals surface area contributed by atoms with E-state index < -0.39 is 0 Å². The summed E-state index contributed by atoms with van der Waals surface area (Å²) in [6.45, 7) is 2.74. The molecule has 138 valence electrons. The number of hydrogen-bond donors (Lipinski definition) is 2. The van der Waals surface area contributed by atoms with Gasteiger partial charge < -0.3 is 16.0 Å². The number of amides is 2. The summed E-state index contributed by atoms with van der Waals surface area (Å²) in [6, 6.07) is 10.1. The van der Waals surface area contributed by atoms with Gasteiger partial charge in [0.1, 0.15) is 0 Å². The van der Waals surface area contributed by atoms with Crippen LogP contribution in [0, 0.1) is 5.92 Å². The third-order valence-corrected chi connectivity index (χ3v) is 4.80. The van der Waals surface area contributed by atoms with Crippen molar-refractivity contribution in [1.82, 2.24) is 10.2 Å². The summed E-state index contributed by atoms with van der Waals surface area (Å²) in [5.41, 5.74) is 6.65. The third kappa shape index (κ3) is 6.86. The molecule has 1 heterocycles. The number of carbonyl (C=O) groups excluding carboxylic acids is 2. The second-order valence-electron chi connectivity index (χ2n) is 6.80. The van der Waals surface area contributed by atoms with Crippen LogP contribution >= 0.6 is 0 Å². The van der Waals surface area contributed by atoms with Gasteiger partial charge in [-0.1, -0.05) is 36.8 Å². The number of carbonyl (C=O) groups is 2. The minimum absolute atomic E-state index is 0.0658. The van der Waals surface area contributed by atoms with E-state index in [9.17, 15) is 9.59 Å². The van der Waals surface area contributed by atoms with Crippen LogP contribution in [0.25, 0.3) is 0 Å². The second kappa shape index (κ2) is 10.9. The molecule has 5 heteroatoms. The van der Waals surface area contributed by atoms with E-state index >= 15 is 0 Å². The molecule has 1 saturated heterocycles. The van der Waals surface area contributed by atoms with Crippen molar-refractivity contribution in [3.05, 3.63) is 35.9 Å². The van der Waals surface area contributed by atoms with Crippen LogP contribution in [-0.4, -0.2) is 42.9 Å². The van der Waals surface area contributed by atoms with Gasteiger partial charge in [0.2, 0.25) is 11.8 Å². The molecule has 1 aromatic rings. The number of likely N-dealkylation sites (tertiary alicyclic amines) is 1. The lowest BCUT2D eigenvalue weighted by Crippen LogP contribution is -2.45. The SMILES string of the molecule is NCCCCCNC(=O)[C@H]1CCCN(C(=O)CCc2ccccc2)C1. The molecule has 3 N–H and O–H groups in total. The number of piperidine rings is 1. The van der Waals surface area contributed by atoms with Gasteiger partial charge in [0.25, 0.3) is 0 Å². The topological polar surface area (TPSA) is 75.4 Å². The number of nitrogens with one attached hydrogen (secondary N) is 1. The zero-order valence-electron chi connectivity index (χ0n) is 15.1. The molecule has 0 aliphatic carbocycles. The normalized spacial score (nSPS) is 17.3. The van der Waals surface area contributed by atoms with Gasteiger partial charge in [0.05, 0.1) is 5.92 Å². The molecule has 5 nitrogen and oxygen atoms in total. The molecule has 1 fully saturated rings. The maximum Gasteiger partial charge on any atom is 0.224 e. The maximum absolute atomic E-state index is 12.5. The Morgan fingerprint density at radius 3 is 2.72 bits per heavy atom. The Kier molecular flexibility index (Phi) is 8.46. The predicted octanol–water partition coefficient (Wildman–Crippen LogP) is 2.10. The van der Waals surface area contributed by atoms with E-state index in [2.05, 4.69) is 5.32 Å². The van der Waals surface area contributed by atoms with Gasteiger partial charge in [0.15, 0.2) is 0 Å². The van der Waals surface area contributed by atoms with E-state index in [-0.39, 0.29) is 17.7 Å². The molecule has 1 aromatic carbocycles. The predicted molar refractivity (Wildman–Crippen MR) is 100.0 cm³/mol. The molecule has 0 radical (unpaired) electrons. The highest BCUT2D eigenvalue weighted by Gasteiger charge is 2.27. The maximum atomic E-state index is 12.5. The van der Waals surface area contributed by atoms with E-state index in [1.165, 1.54) is 5.56 Å². The first-order valence-electron chi connectivity index (χ1n) is 9.50. The number of nitrogens with two attached hydrogens (primary N) is 1. The zero-order chi connectivity index (χ0) is 17.9. The number of benzene rings is 1. The van der Waals surface area contributed by atoms with Gasteiger partial charge >= 0.3 is 0 Å². The number of aryl methyl sites for hydroxylation is 1. The van der Waals surface area contributed by atoms with Crippen molar-refractivity contribution < 1.29 is 9.59 Å². The lowest BCUT2D eigenvalue weighted by atomic mass is 9.96. The fraction of sp³-hybridized carbons (Fsp3) is 0.600. The fourth-order valence-corrected chi connectivity index (χ4v) is 3.27. The molecule has 1 aliphatic heterocycles. The smallest absolute Gasteiger partial charge is 0.224 e. The van der Waals surface area contributed by atoms with Crippen LogP contribution in [0.15, 0.2) is 30.3 Å². The van der Waals surface area contributed by atoms with Gasteiger partial charge in [-0.2, -0.15) is 0 Å². The van der Waals surface area contributed by atoms with E-state index in [0.29, 0.717) is 26.1 Å². The number of hydrogen-bond acceptors (Lipinski definition) is 3. The molecule has 1 atom stereocenters. The average Bonchev–Trinajstić information content (AvgIpc) is 2.66. The Labute approximate surface area is 151 Å². The molecule has 1 aliphatic rings. The van der Waals surface area contributed by atoms with Crippen LogP contribution in [-0.2, 0) is 16.0 Å². The first-order valence-corrected chi connectivity index (χ1v) is 9.50. The number of rotatable bonds is 9. The quantitative estimate of drug-likeness (QED) is 0.673. The van der Waals surface area contributed by atoms with Crippen molar-refractivity contribution in [3.63, 3.8) is 0 Å². The van der Waals surface area contributed by atoms with E-state index in [0.717, 1.165) is 45.1 Å². The van der Waals surface area contributed by atoms with Crippen molar-refractivity contribution in [2.24, 2.45) is 11.7 Å². The largest absolute Gasteiger partial charge is 0.356 e. The van der Waals surface area contributed by atoms with Crippen LogP contribution < -0.4 is 11.1 Å². The van der Waals surface area contributed by atoms with Gasteiger partial charge in [-0.3, -0.25) is 9.59 Å². The lowest BCUT2D eigenvalue weighted by Gasteiger charge is -2.32. The highest BCUT2D eigenvalue weighted by Crippen LogP contribution is 2.18. The van der Waals surface area contributed by atoms with Crippen LogP contribution in [0.2, 0.25) is 0 Å². The van der Waals surface area contributed by atoms with Crippen LogP contribution in [0.5, 0.6) is 0 Å². The Morgan fingerprint density at radius 1 is 1.16 bits per heavy atom.